The quantitative estimate of drug-likeness (QED) is 0.642. The first-order valence-corrected chi connectivity index (χ1v) is 5.29. The van der Waals surface area contributed by atoms with Crippen LogP contribution in [0.2, 0.25) is 0 Å². The summed E-state index contributed by atoms with van der Waals surface area (Å²) in [6.45, 7) is 7.13. The van der Waals surface area contributed by atoms with Crippen molar-refractivity contribution in [2.75, 3.05) is 13.1 Å². The Balaban J connectivity index is 1.99. The molecule has 2 rings (SSSR count). The molecule has 0 radical (unpaired) electrons. The van der Waals surface area contributed by atoms with E-state index in [0.717, 1.165) is 23.9 Å². The predicted octanol–water partition coefficient (Wildman–Crippen LogP) is 0.982. The molecule has 70 valence electrons. The number of rotatable bonds is 2. The Bertz CT molecular complexity index is 158. The molecule has 2 aliphatic rings. The zero-order valence-electron chi connectivity index (χ0n) is 8.14. The highest BCUT2D eigenvalue weighted by Crippen LogP contribution is 2.28. The van der Waals surface area contributed by atoms with Crippen molar-refractivity contribution in [3.05, 3.63) is 0 Å². The average molecular weight is 168 g/mol. The SMILES string of the molecule is CCC(C)C1NCC2CCNC21. The summed E-state index contributed by atoms with van der Waals surface area (Å²) in [5, 5.41) is 7.27. The summed E-state index contributed by atoms with van der Waals surface area (Å²) >= 11 is 0. The van der Waals surface area contributed by atoms with Crippen molar-refractivity contribution in [1.29, 1.82) is 0 Å². The molecule has 0 aromatic heterocycles. The van der Waals surface area contributed by atoms with E-state index in [0.29, 0.717) is 0 Å². The molecule has 2 fully saturated rings. The molecule has 2 aliphatic heterocycles. The van der Waals surface area contributed by atoms with Crippen molar-refractivity contribution in [2.45, 2.75) is 38.8 Å². The van der Waals surface area contributed by atoms with Crippen LogP contribution in [0.25, 0.3) is 0 Å². The van der Waals surface area contributed by atoms with Gasteiger partial charge in [-0.3, -0.25) is 0 Å². The Morgan fingerprint density at radius 2 is 2.25 bits per heavy atom. The van der Waals surface area contributed by atoms with Gasteiger partial charge in [0.05, 0.1) is 0 Å². The van der Waals surface area contributed by atoms with E-state index in [4.69, 9.17) is 0 Å². The smallest absolute Gasteiger partial charge is 0.0264 e. The fourth-order valence-corrected chi connectivity index (χ4v) is 2.65. The summed E-state index contributed by atoms with van der Waals surface area (Å²) in [7, 11) is 0. The Morgan fingerprint density at radius 3 is 3.00 bits per heavy atom. The summed E-state index contributed by atoms with van der Waals surface area (Å²) in [6, 6.07) is 1.52. The van der Waals surface area contributed by atoms with E-state index in [-0.39, 0.29) is 0 Å². The Kier molecular flexibility index (Phi) is 2.37. The Hall–Kier alpha value is -0.0800. The van der Waals surface area contributed by atoms with Crippen LogP contribution in [0.3, 0.4) is 0 Å². The predicted molar refractivity (Wildman–Crippen MR) is 51.1 cm³/mol. The van der Waals surface area contributed by atoms with Gasteiger partial charge in [0.2, 0.25) is 0 Å². The third-order valence-corrected chi connectivity index (χ3v) is 3.66. The minimum Gasteiger partial charge on any atom is -0.312 e. The van der Waals surface area contributed by atoms with Crippen molar-refractivity contribution in [2.24, 2.45) is 11.8 Å². The monoisotopic (exact) mass is 168 g/mol. The minimum atomic E-state index is 0.738. The molecule has 2 heteroatoms. The molecular formula is C10H20N2. The van der Waals surface area contributed by atoms with Crippen LogP contribution in [0.5, 0.6) is 0 Å². The lowest BCUT2D eigenvalue weighted by Gasteiger charge is -2.24. The van der Waals surface area contributed by atoms with E-state index < -0.39 is 0 Å². The normalized spacial score (nSPS) is 43.0. The molecule has 4 unspecified atom stereocenters. The lowest BCUT2D eigenvalue weighted by atomic mass is 9.91. The number of nitrogens with one attached hydrogen (secondary N) is 2. The van der Waals surface area contributed by atoms with Crippen molar-refractivity contribution < 1.29 is 0 Å². The zero-order chi connectivity index (χ0) is 8.55. The first-order chi connectivity index (χ1) is 5.83. The van der Waals surface area contributed by atoms with Crippen LogP contribution in [0, 0.1) is 11.8 Å². The maximum absolute atomic E-state index is 3.65. The summed E-state index contributed by atoms with van der Waals surface area (Å²) in [4.78, 5) is 0. The first-order valence-electron chi connectivity index (χ1n) is 5.29. The summed E-state index contributed by atoms with van der Waals surface area (Å²) in [5.74, 6) is 1.74. The molecule has 2 N–H and O–H groups in total. The van der Waals surface area contributed by atoms with Gasteiger partial charge in [0, 0.05) is 12.1 Å². The van der Waals surface area contributed by atoms with E-state index in [1.165, 1.54) is 25.9 Å². The average Bonchev–Trinajstić information content (AvgIpc) is 2.62. The topological polar surface area (TPSA) is 24.1 Å². The molecule has 0 aliphatic carbocycles. The highest BCUT2D eigenvalue weighted by atomic mass is 15.1. The van der Waals surface area contributed by atoms with Crippen molar-refractivity contribution >= 4 is 0 Å². The molecule has 4 atom stereocenters. The van der Waals surface area contributed by atoms with Crippen molar-refractivity contribution in [3.63, 3.8) is 0 Å². The number of hydrogen-bond donors (Lipinski definition) is 2. The van der Waals surface area contributed by atoms with E-state index in [9.17, 15) is 0 Å². The van der Waals surface area contributed by atoms with Gasteiger partial charge >= 0.3 is 0 Å². The summed E-state index contributed by atoms with van der Waals surface area (Å²) in [5.41, 5.74) is 0. The van der Waals surface area contributed by atoms with Crippen LogP contribution < -0.4 is 10.6 Å². The van der Waals surface area contributed by atoms with Crippen molar-refractivity contribution in [3.8, 4) is 0 Å². The van der Waals surface area contributed by atoms with Gasteiger partial charge in [-0.2, -0.15) is 0 Å². The molecule has 0 bridgehead atoms. The largest absolute Gasteiger partial charge is 0.312 e. The maximum Gasteiger partial charge on any atom is 0.0264 e. The molecule has 0 saturated carbocycles. The van der Waals surface area contributed by atoms with Crippen LogP contribution >= 0.6 is 0 Å². The van der Waals surface area contributed by atoms with E-state index in [2.05, 4.69) is 24.5 Å². The standard InChI is InChI=1S/C10H20N2/c1-3-7(2)9-10-8(6-12-9)4-5-11-10/h7-12H,3-6H2,1-2H3. The zero-order valence-corrected chi connectivity index (χ0v) is 8.14. The fourth-order valence-electron chi connectivity index (χ4n) is 2.65. The highest BCUT2D eigenvalue weighted by molar-refractivity contribution is 5.00. The molecule has 2 saturated heterocycles. The number of hydrogen-bond acceptors (Lipinski definition) is 2. The first kappa shape index (κ1) is 8.52. The van der Waals surface area contributed by atoms with Crippen LogP contribution in [0.1, 0.15) is 26.7 Å². The van der Waals surface area contributed by atoms with Crippen LogP contribution in [0.15, 0.2) is 0 Å². The van der Waals surface area contributed by atoms with Gasteiger partial charge in [-0.25, -0.2) is 0 Å². The molecule has 0 aromatic carbocycles. The maximum atomic E-state index is 3.65. The van der Waals surface area contributed by atoms with Crippen LogP contribution in [-0.4, -0.2) is 25.2 Å². The highest BCUT2D eigenvalue weighted by Gasteiger charge is 2.40. The van der Waals surface area contributed by atoms with Gasteiger partial charge in [0.1, 0.15) is 0 Å². The lowest BCUT2D eigenvalue weighted by molar-refractivity contribution is 0.349. The van der Waals surface area contributed by atoms with Gasteiger partial charge in [0.25, 0.3) is 0 Å². The van der Waals surface area contributed by atoms with Crippen molar-refractivity contribution in [1.82, 2.24) is 10.6 Å². The lowest BCUT2D eigenvalue weighted by Crippen LogP contribution is -2.43. The molecule has 0 amide bonds. The van der Waals surface area contributed by atoms with Gasteiger partial charge < -0.3 is 10.6 Å². The third kappa shape index (κ3) is 1.27. The van der Waals surface area contributed by atoms with E-state index in [1.54, 1.807) is 0 Å². The Morgan fingerprint density at radius 1 is 1.42 bits per heavy atom. The second kappa shape index (κ2) is 3.35. The Labute approximate surface area is 75.1 Å². The molecular weight excluding hydrogens is 148 g/mol. The van der Waals surface area contributed by atoms with E-state index >= 15 is 0 Å². The molecule has 12 heavy (non-hydrogen) atoms. The summed E-state index contributed by atoms with van der Waals surface area (Å²) < 4.78 is 0. The van der Waals surface area contributed by atoms with Gasteiger partial charge in [0.15, 0.2) is 0 Å². The van der Waals surface area contributed by atoms with E-state index in [1.807, 2.05) is 0 Å². The minimum absolute atomic E-state index is 0.738. The second-order valence-electron chi connectivity index (χ2n) is 4.35. The van der Waals surface area contributed by atoms with Gasteiger partial charge in [-0.05, 0) is 31.3 Å². The van der Waals surface area contributed by atoms with Gasteiger partial charge in [-0.1, -0.05) is 20.3 Å². The second-order valence-corrected chi connectivity index (χ2v) is 4.35. The fraction of sp³-hybridized carbons (Fsp3) is 1.00. The molecule has 0 spiro atoms. The molecule has 0 aromatic rings. The van der Waals surface area contributed by atoms with Gasteiger partial charge in [-0.15, -0.1) is 0 Å². The van der Waals surface area contributed by atoms with Crippen LogP contribution in [0.4, 0.5) is 0 Å². The van der Waals surface area contributed by atoms with Crippen LogP contribution in [-0.2, 0) is 0 Å². The number of fused-ring (bicyclic) bond motifs is 1. The molecule has 2 heterocycles. The summed E-state index contributed by atoms with van der Waals surface area (Å²) in [6.07, 6.45) is 2.67. The molecule has 2 nitrogen and oxygen atoms in total. The third-order valence-electron chi connectivity index (χ3n) is 3.66.